The topological polar surface area (TPSA) is 26.0 Å². The SMILES string of the molecule is C=C[C@@H](N)c1cc(Cl)cc(C(F)(F)F)c1.Cl. The van der Waals surface area contributed by atoms with Gasteiger partial charge in [-0.3, -0.25) is 0 Å². The fraction of sp³-hybridized carbons (Fsp3) is 0.200. The zero-order valence-electron chi connectivity index (χ0n) is 8.09. The number of halogens is 5. The Kier molecular flexibility index (Phi) is 5.32. The van der Waals surface area contributed by atoms with Crippen molar-refractivity contribution in [1.82, 2.24) is 0 Å². The summed E-state index contributed by atoms with van der Waals surface area (Å²) in [5.41, 5.74) is 5.02. The van der Waals surface area contributed by atoms with Gasteiger partial charge in [-0.2, -0.15) is 13.2 Å². The molecule has 0 bridgehead atoms. The highest BCUT2D eigenvalue weighted by Gasteiger charge is 2.31. The van der Waals surface area contributed by atoms with Gasteiger partial charge in [0.15, 0.2) is 0 Å². The number of alkyl halides is 3. The summed E-state index contributed by atoms with van der Waals surface area (Å²) in [6.07, 6.45) is -3.06. The molecule has 0 unspecified atom stereocenters. The van der Waals surface area contributed by atoms with Crippen LogP contribution in [0.3, 0.4) is 0 Å². The minimum absolute atomic E-state index is 0. The summed E-state index contributed by atoms with van der Waals surface area (Å²) >= 11 is 5.57. The largest absolute Gasteiger partial charge is 0.416 e. The summed E-state index contributed by atoms with van der Waals surface area (Å²) in [5.74, 6) is 0. The minimum atomic E-state index is -4.42. The number of hydrogen-bond donors (Lipinski definition) is 1. The summed E-state index contributed by atoms with van der Waals surface area (Å²) in [6.45, 7) is 3.41. The molecule has 0 amide bonds. The maximum absolute atomic E-state index is 12.4. The molecule has 0 aliphatic rings. The lowest BCUT2D eigenvalue weighted by Crippen LogP contribution is -2.10. The highest BCUT2D eigenvalue weighted by molar-refractivity contribution is 6.30. The van der Waals surface area contributed by atoms with Gasteiger partial charge in [-0.05, 0) is 23.8 Å². The van der Waals surface area contributed by atoms with Gasteiger partial charge in [-0.15, -0.1) is 19.0 Å². The lowest BCUT2D eigenvalue weighted by atomic mass is 10.0. The van der Waals surface area contributed by atoms with E-state index in [9.17, 15) is 13.2 Å². The van der Waals surface area contributed by atoms with Crippen molar-refractivity contribution in [1.29, 1.82) is 0 Å². The van der Waals surface area contributed by atoms with E-state index < -0.39 is 17.8 Å². The molecule has 1 aromatic rings. The molecule has 1 atom stereocenters. The Morgan fingerprint density at radius 2 is 1.88 bits per heavy atom. The molecule has 1 rings (SSSR count). The molecule has 0 heterocycles. The van der Waals surface area contributed by atoms with Gasteiger partial charge in [0.25, 0.3) is 0 Å². The monoisotopic (exact) mass is 271 g/mol. The number of rotatable bonds is 2. The van der Waals surface area contributed by atoms with Gasteiger partial charge in [0.2, 0.25) is 0 Å². The Hall–Kier alpha value is -0.710. The summed E-state index contributed by atoms with van der Waals surface area (Å²) < 4.78 is 37.2. The van der Waals surface area contributed by atoms with Crippen molar-refractivity contribution in [2.45, 2.75) is 12.2 Å². The molecule has 1 aromatic carbocycles. The van der Waals surface area contributed by atoms with E-state index in [1.54, 1.807) is 0 Å². The molecular weight excluding hydrogens is 262 g/mol. The molecule has 0 fully saturated rings. The second kappa shape index (κ2) is 5.57. The summed E-state index contributed by atoms with van der Waals surface area (Å²) in [4.78, 5) is 0. The van der Waals surface area contributed by atoms with E-state index in [4.69, 9.17) is 17.3 Å². The fourth-order valence-corrected chi connectivity index (χ4v) is 1.35. The van der Waals surface area contributed by atoms with Crippen LogP contribution in [0.1, 0.15) is 17.2 Å². The Morgan fingerprint density at radius 3 is 2.31 bits per heavy atom. The molecule has 90 valence electrons. The lowest BCUT2D eigenvalue weighted by molar-refractivity contribution is -0.137. The summed E-state index contributed by atoms with van der Waals surface area (Å²) in [5, 5.41) is 0.0112. The molecule has 0 spiro atoms. The number of benzene rings is 1. The van der Waals surface area contributed by atoms with Gasteiger partial charge in [0.1, 0.15) is 0 Å². The molecule has 16 heavy (non-hydrogen) atoms. The Bertz CT molecular complexity index is 377. The first-order valence-corrected chi connectivity index (χ1v) is 4.48. The molecule has 2 N–H and O–H groups in total. The van der Waals surface area contributed by atoms with Crippen molar-refractivity contribution in [2.75, 3.05) is 0 Å². The highest BCUT2D eigenvalue weighted by atomic mass is 35.5. The van der Waals surface area contributed by atoms with Gasteiger partial charge in [-0.1, -0.05) is 17.7 Å². The van der Waals surface area contributed by atoms with Crippen LogP contribution < -0.4 is 5.73 Å². The van der Waals surface area contributed by atoms with Crippen LogP contribution in [0.15, 0.2) is 30.9 Å². The van der Waals surface area contributed by atoms with Crippen LogP contribution >= 0.6 is 24.0 Å². The normalized spacial score (nSPS) is 12.8. The number of hydrogen-bond acceptors (Lipinski definition) is 1. The van der Waals surface area contributed by atoms with Crippen LogP contribution in [0.2, 0.25) is 5.02 Å². The predicted octanol–water partition coefficient (Wildman–Crippen LogP) is 3.97. The Labute approximate surface area is 102 Å². The van der Waals surface area contributed by atoms with E-state index in [1.807, 2.05) is 0 Å². The van der Waals surface area contributed by atoms with E-state index in [0.717, 1.165) is 12.1 Å². The third-order valence-electron chi connectivity index (χ3n) is 1.89. The average Bonchev–Trinajstić information content (AvgIpc) is 2.14. The summed E-state index contributed by atoms with van der Waals surface area (Å²) in [6, 6.07) is 2.58. The zero-order chi connectivity index (χ0) is 11.6. The first kappa shape index (κ1) is 15.3. The van der Waals surface area contributed by atoms with E-state index in [1.165, 1.54) is 12.1 Å². The van der Waals surface area contributed by atoms with Crippen LogP contribution in [0, 0.1) is 0 Å². The van der Waals surface area contributed by atoms with E-state index >= 15 is 0 Å². The maximum atomic E-state index is 12.4. The first-order valence-electron chi connectivity index (χ1n) is 4.10. The summed E-state index contributed by atoms with van der Waals surface area (Å²) in [7, 11) is 0. The van der Waals surface area contributed by atoms with E-state index in [2.05, 4.69) is 6.58 Å². The van der Waals surface area contributed by atoms with Crippen LogP contribution in [-0.2, 0) is 6.18 Å². The molecular formula is C10H10Cl2F3N. The van der Waals surface area contributed by atoms with Crippen LogP contribution in [0.25, 0.3) is 0 Å². The molecule has 0 saturated carbocycles. The van der Waals surface area contributed by atoms with Crippen molar-refractivity contribution in [2.24, 2.45) is 5.73 Å². The van der Waals surface area contributed by atoms with Crippen molar-refractivity contribution >= 4 is 24.0 Å². The highest BCUT2D eigenvalue weighted by Crippen LogP contribution is 2.33. The average molecular weight is 272 g/mol. The molecule has 0 radical (unpaired) electrons. The van der Waals surface area contributed by atoms with E-state index in [-0.39, 0.29) is 17.4 Å². The second-order valence-corrected chi connectivity index (χ2v) is 3.47. The lowest BCUT2D eigenvalue weighted by Gasteiger charge is -2.12. The Balaban J connectivity index is 0.00000225. The smallest absolute Gasteiger partial charge is 0.321 e. The van der Waals surface area contributed by atoms with Gasteiger partial charge < -0.3 is 5.73 Å². The molecule has 0 aromatic heterocycles. The van der Waals surface area contributed by atoms with E-state index in [0.29, 0.717) is 5.56 Å². The van der Waals surface area contributed by atoms with Crippen LogP contribution in [0.4, 0.5) is 13.2 Å². The molecule has 6 heteroatoms. The van der Waals surface area contributed by atoms with Crippen molar-refractivity contribution in [3.8, 4) is 0 Å². The number of nitrogens with two attached hydrogens (primary N) is 1. The maximum Gasteiger partial charge on any atom is 0.416 e. The van der Waals surface area contributed by atoms with Crippen molar-refractivity contribution in [3.63, 3.8) is 0 Å². The molecule has 0 aliphatic carbocycles. The standard InChI is InChI=1S/C10H9ClF3N.ClH/c1-2-9(15)6-3-7(10(12,13)14)5-8(11)4-6;/h2-5,9H,1,15H2;1H/t9-;/m1./s1. The quantitative estimate of drug-likeness (QED) is 0.810. The van der Waals surface area contributed by atoms with Gasteiger partial charge >= 0.3 is 6.18 Å². The third-order valence-corrected chi connectivity index (χ3v) is 2.10. The van der Waals surface area contributed by atoms with Gasteiger partial charge in [0, 0.05) is 11.1 Å². The molecule has 0 aliphatic heterocycles. The zero-order valence-corrected chi connectivity index (χ0v) is 9.66. The van der Waals surface area contributed by atoms with Gasteiger partial charge in [-0.25, -0.2) is 0 Å². The predicted molar refractivity (Wildman–Crippen MR) is 60.8 cm³/mol. The van der Waals surface area contributed by atoms with Crippen LogP contribution in [0.5, 0.6) is 0 Å². The first-order chi connectivity index (χ1) is 6.84. The van der Waals surface area contributed by atoms with Crippen molar-refractivity contribution in [3.05, 3.63) is 47.0 Å². The van der Waals surface area contributed by atoms with Gasteiger partial charge in [0.05, 0.1) is 5.56 Å². The molecule has 0 saturated heterocycles. The molecule has 1 nitrogen and oxygen atoms in total. The minimum Gasteiger partial charge on any atom is -0.321 e. The second-order valence-electron chi connectivity index (χ2n) is 3.03. The fourth-order valence-electron chi connectivity index (χ4n) is 1.10. The third kappa shape index (κ3) is 3.70. The Morgan fingerprint density at radius 1 is 1.31 bits per heavy atom. The van der Waals surface area contributed by atoms with Crippen molar-refractivity contribution < 1.29 is 13.2 Å². The van der Waals surface area contributed by atoms with Crippen LogP contribution in [-0.4, -0.2) is 0 Å².